The standard InChI is InChI=1S/C20H16Cl3N3O3S3/c1-2-9-26-17-13(21)3-4-14(22)18(17)31-20(26)24-19(27)12-7-10-25(11-8-12)32(28,29)16-6-5-15(23)30-16/h1,3-6,12H,7-11H2. The third kappa shape index (κ3) is 4.50. The van der Waals surface area contributed by atoms with Crippen LogP contribution in [0.4, 0.5) is 0 Å². The summed E-state index contributed by atoms with van der Waals surface area (Å²) in [4.78, 5) is 17.7. The van der Waals surface area contributed by atoms with Gasteiger partial charge in [-0.25, -0.2) is 8.42 Å². The first-order chi connectivity index (χ1) is 15.2. The molecule has 0 unspecified atom stereocenters. The molecule has 0 bridgehead atoms. The zero-order chi connectivity index (χ0) is 23.0. The molecular formula is C20H16Cl3N3O3S3. The average Bonchev–Trinajstić information content (AvgIpc) is 3.36. The molecule has 3 heterocycles. The number of carbonyl (C=O) groups excluding carboxylic acids is 1. The number of nitrogens with zero attached hydrogens (tertiary/aromatic N) is 3. The summed E-state index contributed by atoms with van der Waals surface area (Å²) in [6, 6.07) is 6.42. The number of sulfonamides is 1. The highest BCUT2D eigenvalue weighted by Crippen LogP contribution is 2.33. The van der Waals surface area contributed by atoms with Gasteiger partial charge in [0.1, 0.15) is 4.21 Å². The second kappa shape index (κ2) is 9.47. The number of aromatic nitrogens is 1. The molecule has 0 aliphatic carbocycles. The fourth-order valence-electron chi connectivity index (χ4n) is 3.53. The number of terminal acetylenes is 1. The second-order valence-corrected chi connectivity index (χ2v) is 12.7. The summed E-state index contributed by atoms with van der Waals surface area (Å²) in [5.41, 5.74) is 0.643. The highest BCUT2D eigenvalue weighted by molar-refractivity contribution is 7.91. The Morgan fingerprint density at radius 1 is 1.12 bits per heavy atom. The molecule has 1 aliphatic rings. The maximum Gasteiger partial charge on any atom is 0.252 e. The van der Waals surface area contributed by atoms with Crippen molar-refractivity contribution in [2.45, 2.75) is 23.6 Å². The smallest absolute Gasteiger partial charge is 0.252 e. The molecule has 1 fully saturated rings. The number of halogens is 3. The van der Waals surface area contributed by atoms with Crippen molar-refractivity contribution in [1.29, 1.82) is 0 Å². The maximum absolute atomic E-state index is 12.9. The summed E-state index contributed by atoms with van der Waals surface area (Å²) in [7, 11) is -3.62. The molecule has 3 aromatic rings. The van der Waals surface area contributed by atoms with Crippen LogP contribution in [-0.2, 0) is 21.4 Å². The zero-order valence-corrected chi connectivity index (χ0v) is 21.1. The summed E-state index contributed by atoms with van der Waals surface area (Å²) in [5.74, 6) is 1.86. The van der Waals surface area contributed by atoms with Gasteiger partial charge in [0.15, 0.2) is 4.80 Å². The van der Waals surface area contributed by atoms with Crippen LogP contribution >= 0.6 is 57.5 Å². The van der Waals surface area contributed by atoms with Crippen molar-refractivity contribution in [3.63, 3.8) is 0 Å². The van der Waals surface area contributed by atoms with Crippen LogP contribution in [0.25, 0.3) is 10.2 Å². The Balaban J connectivity index is 1.57. The van der Waals surface area contributed by atoms with Crippen molar-refractivity contribution >= 4 is 83.6 Å². The van der Waals surface area contributed by atoms with Crippen LogP contribution in [0.5, 0.6) is 0 Å². The van der Waals surface area contributed by atoms with Crippen LogP contribution in [0.3, 0.4) is 0 Å². The van der Waals surface area contributed by atoms with E-state index in [1.54, 1.807) is 22.8 Å². The van der Waals surface area contributed by atoms with Gasteiger partial charge in [-0.1, -0.05) is 52.1 Å². The van der Waals surface area contributed by atoms with Crippen molar-refractivity contribution in [1.82, 2.24) is 8.87 Å². The van der Waals surface area contributed by atoms with E-state index < -0.39 is 10.0 Å². The molecule has 32 heavy (non-hydrogen) atoms. The number of hydrogen-bond acceptors (Lipinski definition) is 5. The van der Waals surface area contributed by atoms with Crippen LogP contribution in [-0.4, -0.2) is 36.3 Å². The first-order valence-electron chi connectivity index (χ1n) is 9.47. The van der Waals surface area contributed by atoms with Crippen molar-refractivity contribution in [2.24, 2.45) is 10.9 Å². The lowest BCUT2D eigenvalue weighted by Crippen LogP contribution is -2.40. The number of fused-ring (bicyclic) bond motifs is 1. The molecule has 168 valence electrons. The van der Waals surface area contributed by atoms with Gasteiger partial charge >= 0.3 is 0 Å². The highest BCUT2D eigenvalue weighted by Gasteiger charge is 2.33. The lowest BCUT2D eigenvalue weighted by molar-refractivity contribution is -0.122. The van der Waals surface area contributed by atoms with E-state index in [9.17, 15) is 13.2 Å². The monoisotopic (exact) mass is 547 g/mol. The Kier molecular flexibility index (Phi) is 7.03. The number of thiophene rings is 1. The fourth-order valence-corrected chi connectivity index (χ4v) is 8.28. The molecule has 6 nitrogen and oxygen atoms in total. The predicted octanol–water partition coefficient (Wildman–Crippen LogP) is 4.89. The Labute approximate surface area is 208 Å². The third-order valence-electron chi connectivity index (χ3n) is 5.13. The average molecular weight is 549 g/mol. The number of thiazole rings is 1. The normalized spacial score (nSPS) is 16.5. The number of amides is 1. The molecular weight excluding hydrogens is 533 g/mol. The first-order valence-corrected chi connectivity index (χ1v) is 13.7. The molecule has 1 saturated heterocycles. The molecule has 0 spiro atoms. The summed E-state index contributed by atoms with van der Waals surface area (Å²) in [5, 5.41) is 0.971. The van der Waals surface area contributed by atoms with Gasteiger partial charge in [0.25, 0.3) is 15.9 Å². The minimum absolute atomic E-state index is 0.187. The van der Waals surface area contributed by atoms with E-state index in [0.29, 0.717) is 42.2 Å². The molecule has 0 saturated carbocycles. The molecule has 1 aliphatic heterocycles. The Morgan fingerprint density at radius 2 is 1.81 bits per heavy atom. The lowest BCUT2D eigenvalue weighted by Gasteiger charge is -2.29. The number of rotatable bonds is 4. The highest BCUT2D eigenvalue weighted by atomic mass is 35.5. The number of benzene rings is 1. The zero-order valence-electron chi connectivity index (χ0n) is 16.4. The predicted molar refractivity (Wildman–Crippen MR) is 130 cm³/mol. The van der Waals surface area contributed by atoms with Gasteiger partial charge in [0.05, 0.1) is 31.1 Å². The van der Waals surface area contributed by atoms with E-state index in [0.717, 1.165) is 11.3 Å². The number of hydrogen-bond donors (Lipinski definition) is 0. The topological polar surface area (TPSA) is 71.7 Å². The van der Waals surface area contributed by atoms with Crippen molar-refractivity contribution in [3.8, 4) is 12.3 Å². The van der Waals surface area contributed by atoms with Gasteiger partial charge in [-0.05, 0) is 37.1 Å². The molecule has 0 radical (unpaired) electrons. The Bertz CT molecular complexity index is 1410. The van der Waals surface area contributed by atoms with Crippen LogP contribution in [0.2, 0.25) is 14.4 Å². The van der Waals surface area contributed by atoms with E-state index >= 15 is 0 Å². The third-order valence-corrected chi connectivity index (χ3v) is 10.6. The Hall–Kier alpha value is -1.38. The maximum atomic E-state index is 12.9. The molecule has 0 atom stereocenters. The van der Waals surface area contributed by atoms with Gasteiger partial charge in [-0.15, -0.1) is 17.8 Å². The number of piperidine rings is 1. The van der Waals surface area contributed by atoms with Gasteiger partial charge < -0.3 is 4.57 Å². The van der Waals surface area contributed by atoms with E-state index in [2.05, 4.69) is 10.9 Å². The Morgan fingerprint density at radius 3 is 2.44 bits per heavy atom. The van der Waals surface area contributed by atoms with E-state index in [1.807, 2.05) is 0 Å². The molecule has 1 aromatic carbocycles. The van der Waals surface area contributed by atoms with Crippen molar-refractivity contribution < 1.29 is 13.2 Å². The van der Waals surface area contributed by atoms with Gasteiger partial charge in [-0.2, -0.15) is 9.30 Å². The summed E-state index contributed by atoms with van der Waals surface area (Å²) < 4.78 is 29.9. The van der Waals surface area contributed by atoms with Crippen LogP contribution in [0.1, 0.15) is 12.8 Å². The largest absolute Gasteiger partial charge is 0.303 e. The quantitative estimate of drug-likeness (QED) is 0.436. The molecule has 2 aromatic heterocycles. The fraction of sp³-hybridized carbons (Fsp3) is 0.300. The van der Waals surface area contributed by atoms with Gasteiger partial charge in [0, 0.05) is 19.0 Å². The van der Waals surface area contributed by atoms with Crippen molar-refractivity contribution in [2.75, 3.05) is 13.1 Å². The SMILES string of the molecule is C#CCn1c(=NC(=O)C2CCN(S(=O)(=O)c3ccc(Cl)s3)CC2)sc2c(Cl)ccc(Cl)c21. The number of carbonyl (C=O) groups is 1. The molecule has 12 heteroatoms. The van der Waals surface area contributed by atoms with Crippen LogP contribution < -0.4 is 4.80 Å². The lowest BCUT2D eigenvalue weighted by atomic mass is 9.98. The van der Waals surface area contributed by atoms with Crippen LogP contribution in [0, 0.1) is 18.3 Å². The van der Waals surface area contributed by atoms with E-state index in [-0.39, 0.29) is 35.7 Å². The molecule has 1 amide bonds. The van der Waals surface area contributed by atoms with E-state index in [4.69, 9.17) is 41.2 Å². The second-order valence-electron chi connectivity index (χ2n) is 7.07. The van der Waals surface area contributed by atoms with Crippen molar-refractivity contribution in [3.05, 3.63) is 43.4 Å². The minimum Gasteiger partial charge on any atom is -0.303 e. The first kappa shape index (κ1) is 23.8. The summed E-state index contributed by atoms with van der Waals surface area (Å²) in [6.45, 7) is 0.655. The van der Waals surface area contributed by atoms with Gasteiger partial charge in [0.2, 0.25) is 0 Å². The van der Waals surface area contributed by atoms with Crippen LogP contribution in [0.15, 0.2) is 33.5 Å². The summed E-state index contributed by atoms with van der Waals surface area (Å²) in [6.07, 6.45) is 6.26. The van der Waals surface area contributed by atoms with E-state index in [1.165, 1.54) is 21.7 Å². The summed E-state index contributed by atoms with van der Waals surface area (Å²) >= 11 is 20.8. The molecule has 4 rings (SSSR count). The minimum atomic E-state index is -3.62. The molecule has 0 N–H and O–H groups in total. The van der Waals surface area contributed by atoms with Gasteiger partial charge in [-0.3, -0.25) is 4.79 Å².